The summed E-state index contributed by atoms with van der Waals surface area (Å²) in [7, 11) is 1.99. The summed E-state index contributed by atoms with van der Waals surface area (Å²) in [6.45, 7) is 2.23. The Hall–Kier alpha value is -0.0800. The molecule has 0 heterocycles. The predicted octanol–water partition coefficient (Wildman–Crippen LogP) is 1.15. The number of aliphatic hydroxyl groups excluding tert-OH is 1. The SMILES string of the molecule is CC[C@@H]1CCC(O)CC1NC. The highest BCUT2D eigenvalue weighted by atomic mass is 16.3. The van der Waals surface area contributed by atoms with E-state index in [1.54, 1.807) is 0 Å². The summed E-state index contributed by atoms with van der Waals surface area (Å²) in [5.41, 5.74) is 0. The summed E-state index contributed by atoms with van der Waals surface area (Å²) in [6, 6.07) is 0.545. The second-order valence-corrected chi connectivity index (χ2v) is 3.53. The Balaban J connectivity index is 2.41. The maximum Gasteiger partial charge on any atom is 0.0555 e. The third-order valence-electron chi connectivity index (χ3n) is 2.86. The molecule has 2 N–H and O–H groups in total. The highest BCUT2D eigenvalue weighted by Gasteiger charge is 2.26. The quantitative estimate of drug-likeness (QED) is 0.630. The van der Waals surface area contributed by atoms with Gasteiger partial charge in [-0.2, -0.15) is 0 Å². The minimum atomic E-state index is -0.0600. The molecule has 1 fully saturated rings. The topological polar surface area (TPSA) is 32.3 Å². The molecule has 2 nitrogen and oxygen atoms in total. The first-order chi connectivity index (χ1) is 5.27. The predicted molar refractivity (Wildman–Crippen MR) is 46.5 cm³/mol. The summed E-state index contributed by atoms with van der Waals surface area (Å²) in [5, 5.41) is 12.7. The van der Waals surface area contributed by atoms with Crippen molar-refractivity contribution in [1.29, 1.82) is 0 Å². The third-order valence-corrected chi connectivity index (χ3v) is 2.86. The molecule has 66 valence electrons. The molecule has 1 saturated carbocycles. The molecule has 11 heavy (non-hydrogen) atoms. The van der Waals surface area contributed by atoms with Gasteiger partial charge in [-0.05, 0) is 32.2 Å². The van der Waals surface area contributed by atoms with Crippen LogP contribution in [0.15, 0.2) is 0 Å². The van der Waals surface area contributed by atoms with E-state index in [4.69, 9.17) is 0 Å². The summed E-state index contributed by atoms with van der Waals surface area (Å²) in [4.78, 5) is 0. The Morgan fingerprint density at radius 2 is 2.18 bits per heavy atom. The van der Waals surface area contributed by atoms with Gasteiger partial charge in [-0.1, -0.05) is 13.3 Å². The van der Waals surface area contributed by atoms with Crippen LogP contribution in [0.1, 0.15) is 32.6 Å². The molecule has 0 saturated heterocycles. The highest BCUT2D eigenvalue weighted by molar-refractivity contribution is 4.82. The average Bonchev–Trinajstić information content (AvgIpc) is 2.04. The molecule has 1 aliphatic carbocycles. The van der Waals surface area contributed by atoms with E-state index >= 15 is 0 Å². The average molecular weight is 157 g/mol. The van der Waals surface area contributed by atoms with E-state index in [9.17, 15) is 5.11 Å². The molecule has 0 spiro atoms. The first kappa shape index (κ1) is 9.01. The zero-order valence-corrected chi connectivity index (χ0v) is 7.51. The van der Waals surface area contributed by atoms with Gasteiger partial charge in [0.15, 0.2) is 0 Å². The number of aliphatic hydroxyl groups is 1. The van der Waals surface area contributed by atoms with Crippen LogP contribution in [0.3, 0.4) is 0 Å². The normalized spacial score (nSPS) is 39.0. The second kappa shape index (κ2) is 4.07. The molecule has 2 heteroatoms. The van der Waals surface area contributed by atoms with Crippen molar-refractivity contribution in [3.05, 3.63) is 0 Å². The van der Waals surface area contributed by atoms with Crippen LogP contribution in [0.2, 0.25) is 0 Å². The van der Waals surface area contributed by atoms with Crippen LogP contribution in [-0.4, -0.2) is 24.3 Å². The van der Waals surface area contributed by atoms with Gasteiger partial charge < -0.3 is 10.4 Å². The Kier molecular flexibility index (Phi) is 3.34. The number of rotatable bonds is 2. The lowest BCUT2D eigenvalue weighted by Gasteiger charge is -2.33. The van der Waals surface area contributed by atoms with Crippen LogP contribution in [0.25, 0.3) is 0 Å². The Bertz CT molecular complexity index is 116. The number of nitrogens with one attached hydrogen (secondary N) is 1. The lowest BCUT2D eigenvalue weighted by Crippen LogP contribution is -2.40. The van der Waals surface area contributed by atoms with Gasteiger partial charge in [0.25, 0.3) is 0 Å². The molecule has 0 radical (unpaired) electrons. The molecule has 0 amide bonds. The van der Waals surface area contributed by atoms with Gasteiger partial charge in [-0.3, -0.25) is 0 Å². The van der Waals surface area contributed by atoms with Crippen molar-refractivity contribution in [2.75, 3.05) is 7.05 Å². The fourth-order valence-electron chi connectivity index (χ4n) is 2.05. The molecule has 2 unspecified atom stereocenters. The van der Waals surface area contributed by atoms with Gasteiger partial charge in [-0.15, -0.1) is 0 Å². The first-order valence-electron chi connectivity index (χ1n) is 4.63. The van der Waals surface area contributed by atoms with Crippen molar-refractivity contribution in [3.63, 3.8) is 0 Å². The minimum Gasteiger partial charge on any atom is -0.393 e. The van der Waals surface area contributed by atoms with Crippen molar-refractivity contribution in [3.8, 4) is 0 Å². The minimum absolute atomic E-state index is 0.0600. The summed E-state index contributed by atoms with van der Waals surface area (Å²) in [5.74, 6) is 0.781. The Labute approximate surface area is 69.0 Å². The molecule has 0 aromatic carbocycles. The Morgan fingerprint density at radius 1 is 1.45 bits per heavy atom. The summed E-state index contributed by atoms with van der Waals surface area (Å²) in [6.07, 6.45) is 4.29. The standard InChI is InChI=1S/C9H19NO/c1-3-7-4-5-8(11)6-9(7)10-2/h7-11H,3-6H2,1-2H3/t7-,8?,9?/m1/s1. The maximum atomic E-state index is 9.38. The van der Waals surface area contributed by atoms with Gasteiger partial charge in [0.1, 0.15) is 0 Å². The first-order valence-corrected chi connectivity index (χ1v) is 4.63. The van der Waals surface area contributed by atoms with Crippen molar-refractivity contribution in [2.45, 2.75) is 44.8 Å². The molecule has 0 aromatic rings. The second-order valence-electron chi connectivity index (χ2n) is 3.53. The lowest BCUT2D eigenvalue weighted by atomic mass is 9.81. The molecule has 0 aromatic heterocycles. The largest absolute Gasteiger partial charge is 0.393 e. The molecule has 1 aliphatic rings. The van der Waals surface area contributed by atoms with Crippen LogP contribution >= 0.6 is 0 Å². The summed E-state index contributed by atoms with van der Waals surface area (Å²) >= 11 is 0. The van der Waals surface area contributed by atoms with E-state index in [-0.39, 0.29) is 6.10 Å². The molecular weight excluding hydrogens is 138 g/mol. The summed E-state index contributed by atoms with van der Waals surface area (Å²) < 4.78 is 0. The van der Waals surface area contributed by atoms with Crippen LogP contribution in [0, 0.1) is 5.92 Å². The molecule has 1 rings (SSSR count). The van der Waals surface area contributed by atoms with Gasteiger partial charge in [0.05, 0.1) is 6.10 Å². The van der Waals surface area contributed by atoms with E-state index in [2.05, 4.69) is 12.2 Å². The van der Waals surface area contributed by atoms with Gasteiger partial charge in [0.2, 0.25) is 0 Å². The van der Waals surface area contributed by atoms with Crippen molar-refractivity contribution >= 4 is 0 Å². The van der Waals surface area contributed by atoms with Gasteiger partial charge >= 0.3 is 0 Å². The highest BCUT2D eigenvalue weighted by Crippen LogP contribution is 2.26. The molecule has 0 bridgehead atoms. The fraction of sp³-hybridized carbons (Fsp3) is 1.00. The smallest absolute Gasteiger partial charge is 0.0555 e. The molecule has 0 aliphatic heterocycles. The number of hydrogen-bond donors (Lipinski definition) is 2. The van der Waals surface area contributed by atoms with Crippen LogP contribution in [0.4, 0.5) is 0 Å². The van der Waals surface area contributed by atoms with E-state index in [0.29, 0.717) is 6.04 Å². The van der Waals surface area contributed by atoms with Crippen molar-refractivity contribution in [2.24, 2.45) is 5.92 Å². The zero-order chi connectivity index (χ0) is 8.27. The van der Waals surface area contributed by atoms with Crippen LogP contribution in [0.5, 0.6) is 0 Å². The van der Waals surface area contributed by atoms with E-state index in [1.807, 2.05) is 7.05 Å². The fourth-order valence-corrected chi connectivity index (χ4v) is 2.05. The van der Waals surface area contributed by atoms with Crippen LogP contribution < -0.4 is 5.32 Å². The monoisotopic (exact) mass is 157 g/mol. The molecular formula is C9H19NO. The van der Waals surface area contributed by atoms with Crippen LogP contribution in [-0.2, 0) is 0 Å². The van der Waals surface area contributed by atoms with E-state index in [0.717, 1.165) is 18.8 Å². The lowest BCUT2D eigenvalue weighted by molar-refractivity contribution is 0.0852. The van der Waals surface area contributed by atoms with E-state index in [1.165, 1.54) is 12.8 Å². The zero-order valence-electron chi connectivity index (χ0n) is 7.51. The molecule has 3 atom stereocenters. The Morgan fingerprint density at radius 3 is 2.73 bits per heavy atom. The van der Waals surface area contributed by atoms with Gasteiger partial charge in [-0.25, -0.2) is 0 Å². The maximum absolute atomic E-state index is 9.38. The van der Waals surface area contributed by atoms with E-state index < -0.39 is 0 Å². The number of hydrogen-bond acceptors (Lipinski definition) is 2. The van der Waals surface area contributed by atoms with Crippen molar-refractivity contribution < 1.29 is 5.11 Å². The van der Waals surface area contributed by atoms with Crippen molar-refractivity contribution in [1.82, 2.24) is 5.32 Å². The third kappa shape index (κ3) is 2.17. The van der Waals surface area contributed by atoms with Gasteiger partial charge in [0, 0.05) is 6.04 Å².